The number of nitrogens with zero attached hydrogens (tertiary/aromatic N) is 4. The summed E-state index contributed by atoms with van der Waals surface area (Å²) in [5.41, 5.74) is 2.34. The van der Waals surface area contributed by atoms with Crippen molar-refractivity contribution in [3.63, 3.8) is 0 Å². The van der Waals surface area contributed by atoms with Gasteiger partial charge in [-0.2, -0.15) is 4.68 Å². The van der Waals surface area contributed by atoms with E-state index in [0.29, 0.717) is 17.9 Å². The van der Waals surface area contributed by atoms with Crippen LogP contribution >= 0.6 is 11.8 Å². The zero-order chi connectivity index (χ0) is 15.5. The molecule has 1 fully saturated rings. The quantitative estimate of drug-likeness (QED) is 0.765. The molecule has 22 heavy (non-hydrogen) atoms. The highest BCUT2D eigenvalue weighted by molar-refractivity contribution is 7.99. The van der Waals surface area contributed by atoms with Gasteiger partial charge in [0.15, 0.2) is 0 Å². The Labute approximate surface area is 135 Å². The molecule has 1 aliphatic rings. The molecule has 0 N–H and O–H groups in total. The smallest absolute Gasteiger partial charge is 0.214 e. The van der Waals surface area contributed by atoms with E-state index in [1.165, 1.54) is 5.56 Å². The van der Waals surface area contributed by atoms with Crippen LogP contribution in [-0.2, 0) is 4.74 Å². The Morgan fingerprint density at radius 3 is 2.64 bits per heavy atom. The van der Waals surface area contributed by atoms with Gasteiger partial charge < -0.3 is 4.74 Å². The van der Waals surface area contributed by atoms with Crippen molar-refractivity contribution in [1.29, 1.82) is 0 Å². The highest BCUT2D eigenvalue weighted by Crippen LogP contribution is 2.34. The first-order chi connectivity index (χ1) is 10.7. The van der Waals surface area contributed by atoms with Gasteiger partial charge in [-0.05, 0) is 52.8 Å². The number of hydrogen-bond acceptors (Lipinski definition) is 5. The fraction of sp³-hybridized carbons (Fsp3) is 0.562. The minimum Gasteiger partial charge on any atom is -0.381 e. The van der Waals surface area contributed by atoms with E-state index in [1.54, 1.807) is 18.9 Å². The van der Waals surface area contributed by atoms with Gasteiger partial charge in [-0.3, -0.25) is 0 Å². The van der Waals surface area contributed by atoms with Crippen molar-refractivity contribution in [2.75, 3.05) is 12.9 Å². The third-order valence-electron chi connectivity index (χ3n) is 4.22. The molecule has 2 aromatic rings. The number of thioether (sulfide) groups is 1. The third kappa shape index (κ3) is 3.33. The molecule has 0 unspecified atom stereocenters. The topological polar surface area (TPSA) is 52.8 Å². The van der Waals surface area contributed by atoms with Gasteiger partial charge in [-0.15, -0.1) is 5.10 Å². The van der Waals surface area contributed by atoms with E-state index in [1.807, 2.05) is 4.68 Å². The van der Waals surface area contributed by atoms with Crippen LogP contribution in [0.4, 0.5) is 0 Å². The first-order valence-electron chi connectivity index (χ1n) is 7.71. The second kappa shape index (κ2) is 6.79. The van der Waals surface area contributed by atoms with Gasteiger partial charge in [-0.25, -0.2) is 0 Å². The van der Waals surface area contributed by atoms with Crippen molar-refractivity contribution in [3.8, 4) is 5.69 Å². The summed E-state index contributed by atoms with van der Waals surface area (Å²) in [7, 11) is 1.79. The van der Waals surface area contributed by atoms with E-state index in [0.717, 1.165) is 29.4 Å². The van der Waals surface area contributed by atoms with Crippen LogP contribution < -0.4 is 0 Å². The fourth-order valence-corrected chi connectivity index (χ4v) is 3.64. The Balaban J connectivity index is 1.64. The average Bonchev–Trinajstić information content (AvgIpc) is 2.94. The molecule has 1 aromatic carbocycles. The van der Waals surface area contributed by atoms with Crippen LogP contribution in [0.2, 0.25) is 0 Å². The molecule has 6 heteroatoms. The van der Waals surface area contributed by atoms with Crippen LogP contribution in [0.3, 0.4) is 0 Å². The Kier molecular flexibility index (Phi) is 4.78. The Morgan fingerprint density at radius 1 is 1.27 bits per heavy atom. The maximum absolute atomic E-state index is 5.32. The number of tetrazole rings is 1. The predicted molar refractivity (Wildman–Crippen MR) is 87.5 cm³/mol. The summed E-state index contributed by atoms with van der Waals surface area (Å²) < 4.78 is 7.14. The third-order valence-corrected chi connectivity index (χ3v) is 5.37. The van der Waals surface area contributed by atoms with Gasteiger partial charge in [0.2, 0.25) is 5.16 Å². The molecule has 1 aromatic heterocycles. The van der Waals surface area contributed by atoms with E-state index in [-0.39, 0.29) is 0 Å². The SMILES string of the molecule is COC1CC(CSc2nnnn2-c2ccc(C(C)C)cc2)C1. The van der Waals surface area contributed by atoms with Crippen molar-refractivity contribution in [2.45, 2.75) is 43.9 Å². The molecule has 5 nitrogen and oxygen atoms in total. The maximum atomic E-state index is 5.32. The van der Waals surface area contributed by atoms with Gasteiger partial charge in [-0.1, -0.05) is 37.7 Å². The van der Waals surface area contributed by atoms with E-state index in [2.05, 4.69) is 53.6 Å². The lowest BCUT2D eigenvalue weighted by Crippen LogP contribution is -2.31. The van der Waals surface area contributed by atoms with Crippen molar-refractivity contribution in [3.05, 3.63) is 29.8 Å². The normalized spacial score (nSPS) is 21.1. The minimum atomic E-state index is 0.449. The summed E-state index contributed by atoms with van der Waals surface area (Å²) in [6, 6.07) is 8.45. The largest absolute Gasteiger partial charge is 0.381 e. The lowest BCUT2D eigenvalue weighted by molar-refractivity contribution is 0.00904. The number of benzene rings is 1. The summed E-state index contributed by atoms with van der Waals surface area (Å²) >= 11 is 1.73. The number of hydrogen-bond donors (Lipinski definition) is 0. The molecule has 0 saturated heterocycles. The second-order valence-corrected chi connectivity index (χ2v) is 7.11. The first-order valence-corrected chi connectivity index (χ1v) is 8.70. The lowest BCUT2D eigenvalue weighted by Gasteiger charge is -2.33. The van der Waals surface area contributed by atoms with Gasteiger partial charge in [0.25, 0.3) is 0 Å². The van der Waals surface area contributed by atoms with E-state index in [4.69, 9.17) is 4.74 Å². The van der Waals surface area contributed by atoms with Crippen LogP contribution in [-0.4, -0.2) is 39.2 Å². The first kappa shape index (κ1) is 15.5. The Hall–Kier alpha value is -1.40. The molecule has 118 valence electrons. The molecule has 0 radical (unpaired) electrons. The van der Waals surface area contributed by atoms with Crippen molar-refractivity contribution in [2.24, 2.45) is 5.92 Å². The molecular formula is C16H22N4OS. The molecule has 1 heterocycles. The Bertz CT molecular complexity index is 605. The van der Waals surface area contributed by atoms with E-state index >= 15 is 0 Å². The van der Waals surface area contributed by atoms with Crippen molar-refractivity contribution >= 4 is 11.8 Å². The van der Waals surface area contributed by atoms with Crippen LogP contribution in [0.5, 0.6) is 0 Å². The lowest BCUT2D eigenvalue weighted by atomic mass is 9.84. The molecule has 0 amide bonds. The number of ether oxygens (including phenoxy) is 1. The second-order valence-electron chi connectivity index (χ2n) is 6.13. The van der Waals surface area contributed by atoms with Crippen LogP contribution in [0.15, 0.2) is 29.4 Å². The average molecular weight is 318 g/mol. The highest BCUT2D eigenvalue weighted by Gasteiger charge is 2.29. The predicted octanol–water partition coefficient (Wildman–Crippen LogP) is 3.30. The summed E-state index contributed by atoms with van der Waals surface area (Å²) in [4.78, 5) is 0. The summed E-state index contributed by atoms with van der Waals surface area (Å²) in [5.74, 6) is 2.29. The fourth-order valence-electron chi connectivity index (χ4n) is 2.63. The van der Waals surface area contributed by atoms with Gasteiger partial charge in [0.05, 0.1) is 11.8 Å². The van der Waals surface area contributed by atoms with Gasteiger partial charge in [0, 0.05) is 12.9 Å². The zero-order valence-corrected chi connectivity index (χ0v) is 14.1. The van der Waals surface area contributed by atoms with Crippen molar-refractivity contribution < 1.29 is 4.74 Å². The van der Waals surface area contributed by atoms with E-state index in [9.17, 15) is 0 Å². The van der Waals surface area contributed by atoms with Crippen molar-refractivity contribution in [1.82, 2.24) is 20.2 Å². The molecule has 1 saturated carbocycles. The molecule has 0 spiro atoms. The van der Waals surface area contributed by atoms with Crippen LogP contribution in [0.25, 0.3) is 5.69 Å². The number of rotatable bonds is 6. The molecule has 1 aliphatic carbocycles. The van der Waals surface area contributed by atoms with Crippen LogP contribution in [0, 0.1) is 5.92 Å². The monoisotopic (exact) mass is 318 g/mol. The summed E-state index contributed by atoms with van der Waals surface area (Å²) in [5, 5.41) is 13.0. The number of aromatic nitrogens is 4. The Morgan fingerprint density at radius 2 is 2.00 bits per heavy atom. The molecule has 0 bridgehead atoms. The summed E-state index contributed by atoms with van der Waals surface area (Å²) in [6.07, 6.45) is 2.74. The maximum Gasteiger partial charge on any atom is 0.214 e. The minimum absolute atomic E-state index is 0.449. The number of methoxy groups -OCH3 is 1. The van der Waals surface area contributed by atoms with E-state index < -0.39 is 0 Å². The standard InChI is InChI=1S/C16H22N4OS/c1-11(2)13-4-6-14(7-5-13)20-16(17-18-19-20)22-10-12-8-15(9-12)21-3/h4-7,11-12,15H,8-10H2,1-3H3. The van der Waals surface area contributed by atoms with Gasteiger partial charge in [0.1, 0.15) is 0 Å². The molecular weight excluding hydrogens is 296 g/mol. The molecule has 0 atom stereocenters. The highest BCUT2D eigenvalue weighted by atomic mass is 32.2. The zero-order valence-electron chi connectivity index (χ0n) is 13.3. The molecule has 0 aliphatic heterocycles. The summed E-state index contributed by atoms with van der Waals surface area (Å²) in [6.45, 7) is 4.39. The van der Waals surface area contributed by atoms with Crippen LogP contribution in [0.1, 0.15) is 38.2 Å². The molecule has 3 rings (SSSR count). The van der Waals surface area contributed by atoms with Gasteiger partial charge >= 0.3 is 0 Å².